The Morgan fingerprint density at radius 3 is 2.70 bits per heavy atom. The van der Waals surface area contributed by atoms with E-state index >= 15 is 0 Å². The first kappa shape index (κ1) is 13.7. The van der Waals surface area contributed by atoms with Crippen molar-refractivity contribution in [2.75, 3.05) is 7.11 Å². The van der Waals surface area contributed by atoms with Crippen LogP contribution in [0.2, 0.25) is 5.02 Å². The molecule has 1 aliphatic heterocycles. The zero-order chi connectivity index (χ0) is 14.1. The Morgan fingerprint density at radius 1 is 1.25 bits per heavy atom. The summed E-state index contributed by atoms with van der Waals surface area (Å²) in [5, 5.41) is 0.664. The van der Waals surface area contributed by atoms with Crippen LogP contribution < -0.4 is 0 Å². The lowest BCUT2D eigenvalue weighted by molar-refractivity contribution is -0.127. The predicted octanol–water partition coefficient (Wildman–Crippen LogP) is 3.46. The van der Waals surface area contributed by atoms with Crippen molar-refractivity contribution in [3.8, 4) is 0 Å². The number of ketones is 1. The molecular weight excluding hydrogens is 276 g/mol. The van der Waals surface area contributed by atoms with Gasteiger partial charge in [0, 0.05) is 18.6 Å². The molecule has 3 unspecified atom stereocenters. The summed E-state index contributed by atoms with van der Waals surface area (Å²) in [6.07, 6.45) is 4.29. The van der Waals surface area contributed by atoms with E-state index in [1.54, 1.807) is 25.5 Å². The van der Waals surface area contributed by atoms with E-state index in [0.29, 0.717) is 10.6 Å². The van der Waals surface area contributed by atoms with Crippen LogP contribution in [0.3, 0.4) is 0 Å². The van der Waals surface area contributed by atoms with Crippen LogP contribution >= 0.6 is 11.6 Å². The number of fused-ring (bicyclic) bond motifs is 1. The van der Waals surface area contributed by atoms with Gasteiger partial charge >= 0.3 is 0 Å². The van der Waals surface area contributed by atoms with Crippen molar-refractivity contribution in [2.45, 2.75) is 31.5 Å². The molecule has 1 aliphatic carbocycles. The fourth-order valence-corrected chi connectivity index (χ4v) is 3.14. The first-order valence-corrected chi connectivity index (χ1v) is 7.25. The van der Waals surface area contributed by atoms with Gasteiger partial charge in [0.25, 0.3) is 0 Å². The number of hydrogen-bond donors (Lipinski definition) is 0. The highest BCUT2D eigenvalue weighted by molar-refractivity contribution is 6.30. The molecule has 2 aliphatic rings. The molecule has 0 saturated heterocycles. The Bertz CT molecular complexity index is 535. The Labute approximate surface area is 123 Å². The number of carbonyl (C=O) groups is 1. The van der Waals surface area contributed by atoms with Gasteiger partial charge < -0.3 is 9.47 Å². The third-order valence-corrected chi connectivity index (χ3v) is 4.45. The van der Waals surface area contributed by atoms with Gasteiger partial charge in [-0.2, -0.15) is 0 Å². The van der Waals surface area contributed by atoms with Crippen molar-refractivity contribution in [3.63, 3.8) is 0 Å². The summed E-state index contributed by atoms with van der Waals surface area (Å²) in [5.41, 5.74) is 1.52. The zero-order valence-corrected chi connectivity index (χ0v) is 12.1. The summed E-state index contributed by atoms with van der Waals surface area (Å²) >= 11 is 5.88. The Hall–Kier alpha value is -1.32. The van der Waals surface area contributed by atoms with Gasteiger partial charge in [-0.3, -0.25) is 4.79 Å². The molecule has 0 aromatic heterocycles. The number of ether oxygens (including phenoxy) is 2. The number of rotatable bonds is 2. The second kappa shape index (κ2) is 5.58. The first-order chi connectivity index (χ1) is 9.69. The number of hydrogen-bond acceptors (Lipinski definition) is 3. The minimum atomic E-state index is -0.0444. The largest absolute Gasteiger partial charge is 0.496 e. The van der Waals surface area contributed by atoms with E-state index in [9.17, 15) is 4.79 Å². The van der Waals surface area contributed by atoms with Gasteiger partial charge in [0.1, 0.15) is 6.10 Å². The molecule has 1 aromatic rings. The van der Waals surface area contributed by atoms with Crippen molar-refractivity contribution in [1.29, 1.82) is 0 Å². The van der Waals surface area contributed by atoms with E-state index in [1.807, 2.05) is 12.1 Å². The van der Waals surface area contributed by atoms with Crippen LogP contribution in [0.5, 0.6) is 0 Å². The Morgan fingerprint density at radius 2 is 2.00 bits per heavy atom. The maximum Gasteiger partial charge on any atom is 0.173 e. The fraction of sp³-hybridized carbons (Fsp3) is 0.438. The number of benzene rings is 1. The van der Waals surface area contributed by atoms with Crippen molar-refractivity contribution in [1.82, 2.24) is 0 Å². The molecule has 0 bridgehead atoms. The molecule has 3 nitrogen and oxygen atoms in total. The van der Waals surface area contributed by atoms with Gasteiger partial charge in [-0.1, -0.05) is 23.7 Å². The summed E-state index contributed by atoms with van der Waals surface area (Å²) in [6.45, 7) is 0. The fourth-order valence-electron chi connectivity index (χ4n) is 3.01. The highest BCUT2D eigenvalue weighted by Crippen LogP contribution is 2.37. The van der Waals surface area contributed by atoms with Crippen molar-refractivity contribution < 1.29 is 14.3 Å². The molecule has 1 heterocycles. The lowest BCUT2D eigenvalue weighted by atomic mass is 9.78. The van der Waals surface area contributed by atoms with E-state index in [2.05, 4.69) is 0 Å². The van der Waals surface area contributed by atoms with E-state index in [-0.39, 0.29) is 23.9 Å². The summed E-state index contributed by atoms with van der Waals surface area (Å²) < 4.78 is 11.2. The van der Waals surface area contributed by atoms with Gasteiger partial charge in [0.15, 0.2) is 5.78 Å². The van der Waals surface area contributed by atoms with Crippen LogP contribution in [-0.4, -0.2) is 25.1 Å². The SMILES string of the molecule is COC1CCC2C(=O)C(c3ccc(Cl)cc3)=COC2C1. The van der Waals surface area contributed by atoms with Crippen LogP contribution in [0.15, 0.2) is 30.5 Å². The summed E-state index contributed by atoms with van der Waals surface area (Å²) in [4.78, 5) is 12.6. The van der Waals surface area contributed by atoms with E-state index in [1.165, 1.54) is 0 Å². The van der Waals surface area contributed by atoms with Crippen LogP contribution in [0, 0.1) is 5.92 Å². The first-order valence-electron chi connectivity index (χ1n) is 6.87. The quantitative estimate of drug-likeness (QED) is 0.837. The van der Waals surface area contributed by atoms with Gasteiger partial charge in [0.05, 0.1) is 23.9 Å². The minimum absolute atomic E-state index is 0.0442. The molecule has 1 fully saturated rings. The van der Waals surface area contributed by atoms with Crippen LogP contribution in [0.4, 0.5) is 0 Å². The minimum Gasteiger partial charge on any atom is -0.496 e. The lowest BCUT2D eigenvalue weighted by Crippen LogP contribution is -2.41. The zero-order valence-electron chi connectivity index (χ0n) is 11.3. The molecule has 0 spiro atoms. The molecule has 0 amide bonds. The van der Waals surface area contributed by atoms with Crippen LogP contribution in [0.25, 0.3) is 5.57 Å². The molecule has 1 aromatic carbocycles. The molecule has 106 valence electrons. The number of methoxy groups -OCH3 is 1. The maximum atomic E-state index is 12.6. The average Bonchev–Trinajstić information content (AvgIpc) is 2.48. The van der Waals surface area contributed by atoms with Crippen LogP contribution in [-0.2, 0) is 14.3 Å². The number of allylic oxidation sites excluding steroid dienone is 1. The molecule has 20 heavy (non-hydrogen) atoms. The van der Waals surface area contributed by atoms with E-state index < -0.39 is 0 Å². The third kappa shape index (κ3) is 2.48. The second-order valence-electron chi connectivity index (χ2n) is 5.35. The van der Waals surface area contributed by atoms with E-state index in [4.69, 9.17) is 21.1 Å². The van der Waals surface area contributed by atoms with Crippen LogP contribution in [0.1, 0.15) is 24.8 Å². The maximum absolute atomic E-state index is 12.6. The highest BCUT2D eigenvalue weighted by atomic mass is 35.5. The Kier molecular flexibility index (Phi) is 3.81. The topological polar surface area (TPSA) is 35.5 Å². The van der Waals surface area contributed by atoms with Gasteiger partial charge in [0.2, 0.25) is 0 Å². The highest BCUT2D eigenvalue weighted by Gasteiger charge is 2.40. The number of halogens is 1. The normalized spacial score (nSPS) is 29.4. The van der Waals surface area contributed by atoms with Crippen molar-refractivity contribution >= 4 is 23.0 Å². The summed E-state index contributed by atoms with van der Waals surface area (Å²) in [5.74, 6) is 0.134. The monoisotopic (exact) mass is 292 g/mol. The molecular formula is C16H17ClO3. The Balaban J connectivity index is 1.83. The number of Topliss-reactive ketones (excluding diaryl/α,β-unsaturated/α-hetero) is 1. The molecule has 1 saturated carbocycles. The summed E-state index contributed by atoms with van der Waals surface area (Å²) in [6, 6.07) is 7.30. The molecule has 0 N–H and O–H groups in total. The average molecular weight is 293 g/mol. The van der Waals surface area contributed by atoms with Gasteiger partial charge in [-0.15, -0.1) is 0 Å². The van der Waals surface area contributed by atoms with Crippen molar-refractivity contribution in [2.24, 2.45) is 5.92 Å². The predicted molar refractivity (Wildman–Crippen MR) is 77.4 cm³/mol. The molecule has 0 radical (unpaired) electrons. The molecule has 4 heteroatoms. The van der Waals surface area contributed by atoms with E-state index in [0.717, 1.165) is 24.8 Å². The lowest BCUT2D eigenvalue weighted by Gasteiger charge is -2.37. The van der Waals surface area contributed by atoms with Crippen molar-refractivity contribution in [3.05, 3.63) is 41.1 Å². The smallest absolute Gasteiger partial charge is 0.173 e. The van der Waals surface area contributed by atoms with Gasteiger partial charge in [-0.25, -0.2) is 0 Å². The standard InChI is InChI=1S/C16H17ClO3/c1-19-12-6-7-13-15(8-12)20-9-14(16(13)18)10-2-4-11(17)5-3-10/h2-5,9,12-13,15H,6-8H2,1H3. The third-order valence-electron chi connectivity index (χ3n) is 4.20. The second-order valence-corrected chi connectivity index (χ2v) is 5.79. The molecule has 3 atom stereocenters. The summed E-state index contributed by atoms with van der Waals surface area (Å²) in [7, 11) is 1.71. The number of carbonyl (C=O) groups excluding carboxylic acids is 1. The molecule has 3 rings (SSSR count). The van der Waals surface area contributed by atoms with Gasteiger partial charge in [-0.05, 0) is 30.5 Å².